The van der Waals surface area contributed by atoms with Crippen LogP contribution in [0.15, 0.2) is 0 Å². The summed E-state index contributed by atoms with van der Waals surface area (Å²) in [5, 5.41) is 2.89. The second-order valence-electron chi connectivity index (χ2n) is 4.41. The molecule has 0 radical (unpaired) electrons. The van der Waals surface area contributed by atoms with E-state index in [9.17, 15) is 4.79 Å². The molecule has 1 fully saturated rings. The molecule has 0 bridgehead atoms. The van der Waals surface area contributed by atoms with E-state index < -0.39 is 0 Å². The van der Waals surface area contributed by atoms with Crippen LogP contribution in [0.1, 0.15) is 32.1 Å². The van der Waals surface area contributed by atoms with Crippen molar-refractivity contribution in [1.82, 2.24) is 5.32 Å². The maximum atomic E-state index is 11.3. The first kappa shape index (κ1) is 13.5. The molecule has 0 aliphatic heterocycles. The summed E-state index contributed by atoms with van der Waals surface area (Å²) in [6.07, 6.45) is 6.53. The van der Waals surface area contributed by atoms with Gasteiger partial charge in [0.1, 0.15) is 6.04 Å². The van der Waals surface area contributed by atoms with E-state index in [1.807, 2.05) is 0 Å². The SMILES string of the molecule is CNC(COCC1CCCCC1)C(=O)OC. The van der Waals surface area contributed by atoms with Crippen molar-refractivity contribution in [1.29, 1.82) is 0 Å². The highest BCUT2D eigenvalue weighted by Gasteiger charge is 2.18. The van der Waals surface area contributed by atoms with Gasteiger partial charge in [0.25, 0.3) is 0 Å². The Morgan fingerprint density at radius 2 is 2.06 bits per heavy atom. The molecule has 1 saturated carbocycles. The normalized spacial score (nSPS) is 19.4. The number of hydrogen-bond acceptors (Lipinski definition) is 4. The molecule has 0 spiro atoms. The van der Waals surface area contributed by atoms with Gasteiger partial charge in [-0.25, -0.2) is 0 Å². The third-order valence-corrected chi connectivity index (χ3v) is 3.20. The highest BCUT2D eigenvalue weighted by Crippen LogP contribution is 2.23. The van der Waals surface area contributed by atoms with Crippen molar-refractivity contribution in [2.24, 2.45) is 5.92 Å². The van der Waals surface area contributed by atoms with E-state index in [1.165, 1.54) is 39.2 Å². The zero-order valence-corrected chi connectivity index (χ0v) is 10.3. The molecule has 1 N–H and O–H groups in total. The zero-order valence-electron chi connectivity index (χ0n) is 10.3. The molecule has 1 aliphatic carbocycles. The third-order valence-electron chi connectivity index (χ3n) is 3.20. The monoisotopic (exact) mass is 229 g/mol. The molecule has 1 aliphatic rings. The van der Waals surface area contributed by atoms with E-state index in [0.717, 1.165) is 6.61 Å². The van der Waals surface area contributed by atoms with Crippen molar-refractivity contribution in [3.8, 4) is 0 Å². The number of carbonyl (C=O) groups excluding carboxylic acids is 1. The summed E-state index contributed by atoms with van der Waals surface area (Å²) in [7, 11) is 3.14. The van der Waals surface area contributed by atoms with Gasteiger partial charge in [-0.1, -0.05) is 19.3 Å². The number of likely N-dealkylation sites (N-methyl/N-ethyl adjacent to an activating group) is 1. The van der Waals surface area contributed by atoms with Gasteiger partial charge < -0.3 is 14.8 Å². The summed E-state index contributed by atoms with van der Waals surface area (Å²) in [5.74, 6) is 0.426. The molecule has 1 atom stereocenters. The van der Waals surface area contributed by atoms with E-state index in [0.29, 0.717) is 12.5 Å². The maximum Gasteiger partial charge on any atom is 0.325 e. The number of methoxy groups -OCH3 is 1. The molecule has 1 unspecified atom stereocenters. The van der Waals surface area contributed by atoms with Crippen LogP contribution in [0.25, 0.3) is 0 Å². The molecule has 94 valence electrons. The Morgan fingerprint density at radius 3 is 2.62 bits per heavy atom. The lowest BCUT2D eigenvalue weighted by molar-refractivity contribution is -0.144. The van der Waals surface area contributed by atoms with Crippen LogP contribution in [0.4, 0.5) is 0 Å². The largest absolute Gasteiger partial charge is 0.468 e. The van der Waals surface area contributed by atoms with Crippen LogP contribution in [-0.2, 0) is 14.3 Å². The van der Waals surface area contributed by atoms with Gasteiger partial charge in [0.05, 0.1) is 13.7 Å². The smallest absolute Gasteiger partial charge is 0.325 e. The maximum absolute atomic E-state index is 11.3. The van der Waals surface area contributed by atoms with E-state index >= 15 is 0 Å². The lowest BCUT2D eigenvalue weighted by atomic mass is 9.90. The minimum atomic E-state index is -0.339. The predicted molar refractivity (Wildman–Crippen MR) is 62.3 cm³/mol. The Bertz CT molecular complexity index is 202. The molecule has 4 heteroatoms. The molecule has 0 aromatic carbocycles. The van der Waals surface area contributed by atoms with E-state index in [2.05, 4.69) is 10.1 Å². The lowest BCUT2D eigenvalue weighted by Crippen LogP contribution is -2.39. The minimum absolute atomic E-state index is 0.258. The predicted octanol–water partition coefficient (Wildman–Crippen LogP) is 1.34. The quantitative estimate of drug-likeness (QED) is 0.698. The molecule has 0 aromatic heterocycles. The van der Waals surface area contributed by atoms with Crippen molar-refractivity contribution in [2.45, 2.75) is 38.1 Å². The van der Waals surface area contributed by atoms with Gasteiger partial charge in [0.2, 0.25) is 0 Å². The first-order valence-corrected chi connectivity index (χ1v) is 6.10. The number of carbonyl (C=O) groups is 1. The van der Waals surface area contributed by atoms with Gasteiger partial charge in [-0.15, -0.1) is 0 Å². The van der Waals surface area contributed by atoms with Crippen LogP contribution in [-0.4, -0.2) is 39.4 Å². The van der Waals surface area contributed by atoms with E-state index in [4.69, 9.17) is 4.74 Å². The number of esters is 1. The summed E-state index contributed by atoms with van der Waals surface area (Å²) in [5.41, 5.74) is 0. The van der Waals surface area contributed by atoms with Crippen molar-refractivity contribution < 1.29 is 14.3 Å². The molecular weight excluding hydrogens is 206 g/mol. The van der Waals surface area contributed by atoms with E-state index in [1.54, 1.807) is 7.05 Å². The molecule has 4 nitrogen and oxygen atoms in total. The first-order chi connectivity index (χ1) is 7.77. The van der Waals surface area contributed by atoms with Gasteiger partial charge in [-0.3, -0.25) is 4.79 Å². The second kappa shape index (κ2) is 7.63. The van der Waals surface area contributed by atoms with Crippen molar-refractivity contribution >= 4 is 5.97 Å². The molecule has 0 heterocycles. The van der Waals surface area contributed by atoms with Crippen LogP contribution in [0.3, 0.4) is 0 Å². The number of ether oxygens (including phenoxy) is 2. The number of hydrogen-bond donors (Lipinski definition) is 1. The van der Waals surface area contributed by atoms with Crippen molar-refractivity contribution in [3.05, 3.63) is 0 Å². The van der Waals surface area contributed by atoms with Crippen LogP contribution < -0.4 is 5.32 Å². The van der Waals surface area contributed by atoms with Gasteiger partial charge in [-0.2, -0.15) is 0 Å². The molecule has 16 heavy (non-hydrogen) atoms. The highest BCUT2D eigenvalue weighted by atomic mass is 16.5. The number of rotatable bonds is 6. The summed E-state index contributed by atoms with van der Waals surface area (Å²) in [6.45, 7) is 1.18. The van der Waals surface area contributed by atoms with Crippen LogP contribution >= 0.6 is 0 Å². The van der Waals surface area contributed by atoms with Gasteiger partial charge >= 0.3 is 5.97 Å². The Kier molecular flexibility index (Phi) is 6.42. The molecule has 0 saturated heterocycles. The number of nitrogens with one attached hydrogen (secondary N) is 1. The topological polar surface area (TPSA) is 47.6 Å². The lowest BCUT2D eigenvalue weighted by Gasteiger charge is -2.22. The van der Waals surface area contributed by atoms with Gasteiger partial charge in [0.15, 0.2) is 0 Å². The average Bonchev–Trinajstić information content (AvgIpc) is 2.35. The standard InChI is InChI=1S/C12H23NO3/c1-13-11(12(14)15-2)9-16-8-10-6-4-3-5-7-10/h10-11,13H,3-9H2,1-2H3. The Hall–Kier alpha value is -0.610. The fraction of sp³-hybridized carbons (Fsp3) is 0.917. The van der Waals surface area contributed by atoms with Crippen molar-refractivity contribution in [2.75, 3.05) is 27.4 Å². The minimum Gasteiger partial charge on any atom is -0.468 e. The highest BCUT2D eigenvalue weighted by molar-refractivity contribution is 5.75. The molecule has 0 aromatic rings. The van der Waals surface area contributed by atoms with Gasteiger partial charge in [-0.05, 0) is 25.8 Å². The van der Waals surface area contributed by atoms with Crippen LogP contribution in [0, 0.1) is 5.92 Å². The second-order valence-corrected chi connectivity index (χ2v) is 4.41. The van der Waals surface area contributed by atoms with Crippen LogP contribution in [0.2, 0.25) is 0 Å². The summed E-state index contributed by atoms with van der Waals surface area (Å²) in [6, 6.07) is -0.339. The third kappa shape index (κ3) is 4.49. The molecule has 1 rings (SSSR count). The summed E-state index contributed by atoms with van der Waals surface area (Å²) < 4.78 is 10.3. The first-order valence-electron chi connectivity index (χ1n) is 6.10. The Balaban J connectivity index is 2.14. The van der Waals surface area contributed by atoms with Crippen molar-refractivity contribution in [3.63, 3.8) is 0 Å². The summed E-state index contributed by atoms with van der Waals surface area (Å²) in [4.78, 5) is 11.3. The van der Waals surface area contributed by atoms with Crippen LogP contribution in [0.5, 0.6) is 0 Å². The molecular formula is C12H23NO3. The summed E-state index contributed by atoms with van der Waals surface area (Å²) >= 11 is 0. The van der Waals surface area contributed by atoms with E-state index in [-0.39, 0.29) is 12.0 Å². The fourth-order valence-corrected chi connectivity index (χ4v) is 2.12. The van der Waals surface area contributed by atoms with Gasteiger partial charge in [0, 0.05) is 6.61 Å². The zero-order chi connectivity index (χ0) is 11.8. The Labute approximate surface area is 97.7 Å². The Morgan fingerprint density at radius 1 is 1.38 bits per heavy atom. The molecule has 0 amide bonds. The fourth-order valence-electron chi connectivity index (χ4n) is 2.12. The average molecular weight is 229 g/mol.